The van der Waals surface area contributed by atoms with Crippen molar-refractivity contribution in [2.24, 2.45) is 0 Å². The third-order valence-corrected chi connectivity index (χ3v) is 4.84. The molecule has 2 heterocycles. The lowest BCUT2D eigenvalue weighted by Crippen LogP contribution is -2.20. The zero-order valence-corrected chi connectivity index (χ0v) is 18.4. The Morgan fingerprint density at radius 1 is 1.00 bits per heavy atom. The van der Waals surface area contributed by atoms with Gasteiger partial charge in [-0.2, -0.15) is 13.2 Å². The van der Waals surface area contributed by atoms with Crippen molar-refractivity contribution in [2.45, 2.75) is 6.18 Å². The first-order valence-electron chi connectivity index (χ1n) is 9.17. The van der Waals surface area contributed by atoms with Gasteiger partial charge in [-0.25, -0.2) is 19.7 Å². The van der Waals surface area contributed by atoms with Crippen molar-refractivity contribution in [3.05, 3.63) is 65.7 Å². The Bertz CT molecular complexity index is 1290. The summed E-state index contributed by atoms with van der Waals surface area (Å²) in [4.78, 5) is 24.8. The van der Waals surface area contributed by atoms with Crippen LogP contribution < -0.4 is 16.0 Å². The minimum absolute atomic E-state index is 0. The van der Waals surface area contributed by atoms with Crippen LogP contribution >= 0.6 is 24.0 Å². The van der Waals surface area contributed by atoms with Crippen LogP contribution in [0.2, 0.25) is 5.02 Å². The van der Waals surface area contributed by atoms with Gasteiger partial charge < -0.3 is 16.0 Å². The highest BCUT2D eigenvalue weighted by molar-refractivity contribution is 6.31. The summed E-state index contributed by atoms with van der Waals surface area (Å²) in [5, 5.41) is 7.47. The molecule has 172 valence electrons. The summed E-state index contributed by atoms with van der Waals surface area (Å²) in [6.45, 7) is 0. The molecule has 0 unspecified atom stereocenters. The van der Waals surface area contributed by atoms with Crippen LogP contribution in [0.1, 0.15) is 5.56 Å². The Morgan fingerprint density at radius 2 is 1.67 bits per heavy atom. The van der Waals surface area contributed by atoms with Gasteiger partial charge in [-0.05, 0) is 42.5 Å². The zero-order chi connectivity index (χ0) is 22.9. The quantitative estimate of drug-likeness (QED) is 0.341. The van der Waals surface area contributed by atoms with E-state index in [9.17, 15) is 18.0 Å². The number of nitrogens with one attached hydrogen (secondary N) is 3. The van der Waals surface area contributed by atoms with Crippen molar-refractivity contribution in [1.82, 2.24) is 19.5 Å². The third kappa shape index (κ3) is 5.10. The predicted molar refractivity (Wildman–Crippen MR) is 123 cm³/mol. The molecule has 0 atom stereocenters. The van der Waals surface area contributed by atoms with Gasteiger partial charge in [0.05, 0.1) is 10.6 Å². The molecule has 0 saturated carbocycles. The summed E-state index contributed by atoms with van der Waals surface area (Å²) in [5.74, 6) is 0.607. The molecule has 13 heteroatoms. The molecular weight excluding hydrogens is 482 g/mol. The molecule has 4 rings (SSSR count). The minimum Gasteiger partial charge on any atom is -0.371 e. The van der Waals surface area contributed by atoms with Crippen LogP contribution in [0.4, 0.5) is 35.2 Å². The lowest BCUT2D eigenvalue weighted by Gasteiger charge is -2.13. The van der Waals surface area contributed by atoms with Crippen molar-refractivity contribution < 1.29 is 18.0 Å². The van der Waals surface area contributed by atoms with Crippen LogP contribution in [0, 0.1) is 0 Å². The first-order chi connectivity index (χ1) is 15.3. The number of rotatable bonds is 4. The number of anilines is 3. The van der Waals surface area contributed by atoms with Crippen LogP contribution in [-0.2, 0) is 6.18 Å². The fourth-order valence-corrected chi connectivity index (χ4v) is 3.28. The van der Waals surface area contributed by atoms with E-state index in [1.165, 1.54) is 12.4 Å². The number of halogens is 5. The number of imidazole rings is 1. The molecular formula is C20H16Cl2F3N7O. The van der Waals surface area contributed by atoms with E-state index in [1.807, 2.05) is 0 Å². The van der Waals surface area contributed by atoms with Gasteiger partial charge in [0.1, 0.15) is 18.2 Å². The molecule has 0 aliphatic heterocycles. The van der Waals surface area contributed by atoms with Gasteiger partial charge in [0.15, 0.2) is 11.5 Å². The first kappa shape index (κ1) is 24.1. The van der Waals surface area contributed by atoms with E-state index in [1.54, 1.807) is 42.2 Å². The molecule has 0 bridgehead atoms. The van der Waals surface area contributed by atoms with Crippen molar-refractivity contribution in [1.29, 1.82) is 0 Å². The van der Waals surface area contributed by atoms with E-state index in [0.717, 1.165) is 17.8 Å². The summed E-state index contributed by atoms with van der Waals surface area (Å²) < 4.78 is 40.7. The standard InChI is InChI=1S/C20H15ClF3N7O.ClH/c1-25-17-16-18(27-9-26-17)28-10-31(16)13-5-2-11(3-6-13)29-19(32)30-12-4-7-15(21)14(8-12)20(22,23)24;/h2-10H,1H3,(H,25,26,27)(H2,29,30,32);1H. The van der Waals surface area contributed by atoms with Crippen molar-refractivity contribution in [3.63, 3.8) is 0 Å². The molecule has 0 fully saturated rings. The van der Waals surface area contributed by atoms with Gasteiger partial charge in [0.2, 0.25) is 0 Å². The van der Waals surface area contributed by atoms with E-state index >= 15 is 0 Å². The summed E-state index contributed by atoms with van der Waals surface area (Å²) in [6, 6.07) is 9.21. The zero-order valence-electron chi connectivity index (χ0n) is 16.8. The molecule has 4 aromatic rings. The number of carbonyl (C=O) groups is 1. The monoisotopic (exact) mass is 497 g/mol. The number of nitrogens with zero attached hydrogens (tertiary/aromatic N) is 4. The molecule has 0 aliphatic rings. The summed E-state index contributed by atoms with van der Waals surface area (Å²) in [7, 11) is 1.74. The predicted octanol–water partition coefficient (Wildman–Crippen LogP) is 5.60. The van der Waals surface area contributed by atoms with Crippen LogP contribution in [0.5, 0.6) is 0 Å². The number of amides is 2. The van der Waals surface area contributed by atoms with Crippen molar-refractivity contribution in [2.75, 3.05) is 23.0 Å². The Hall–Kier alpha value is -3.57. The average Bonchev–Trinajstić information content (AvgIpc) is 3.19. The Morgan fingerprint density at radius 3 is 2.33 bits per heavy atom. The largest absolute Gasteiger partial charge is 0.417 e. The van der Waals surface area contributed by atoms with E-state index in [-0.39, 0.29) is 18.1 Å². The molecule has 33 heavy (non-hydrogen) atoms. The van der Waals surface area contributed by atoms with E-state index in [4.69, 9.17) is 11.6 Å². The second kappa shape index (κ2) is 9.51. The molecule has 0 aliphatic carbocycles. The number of aromatic nitrogens is 4. The SMILES string of the molecule is CNc1ncnc2ncn(-c3ccc(NC(=O)Nc4ccc(Cl)c(C(F)(F)F)c4)cc3)c12.Cl. The number of hydrogen-bond acceptors (Lipinski definition) is 5. The molecule has 0 radical (unpaired) electrons. The van der Waals surface area contributed by atoms with Gasteiger partial charge in [-0.1, -0.05) is 11.6 Å². The van der Waals surface area contributed by atoms with Crippen LogP contribution in [-0.4, -0.2) is 32.6 Å². The maximum absolute atomic E-state index is 13.0. The second-order valence-corrected chi connectivity index (χ2v) is 6.98. The summed E-state index contributed by atoms with van der Waals surface area (Å²) >= 11 is 5.59. The number of carbonyl (C=O) groups excluding carboxylic acids is 1. The number of fused-ring (bicyclic) bond motifs is 1. The second-order valence-electron chi connectivity index (χ2n) is 6.58. The van der Waals surface area contributed by atoms with Crippen molar-refractivity contribution in [3.8, 4) is 5.69 Å². The lowest BCUT2D eigenvalue weighted by molar-refractivity contribution is -0.137. The highest BCUT2D eigenvalue weighted by Gasteiger charge is 2.33. The smallest absolute Gasteiger partial charge is 0.371 e. The Labute approximate surface area is 196 Å². The van der Waals surface area contributed by atoms with E-state index < -0.39 is 22.8 Å². The number of urea groups is 1. The normalized spacial score (nSPS) is 11.1. The number of benzene rings is 2. The molecule has 2 aromatic carbocycles. The van der Waals surface area contributed by atoms with Gasteiger partial charge in [0, 0.05) is 24.1 Å². The molecule has 0 saturated heterocycles. The maximum atomic E-state index is 13.0. The van der Waals surface area contributed by atoms with Gasteiger partial charge in [-0.3, -0.25) is 4.57 Å². The molecule has 0 spiro atoms. The first-order valence-corrected chi connectivity index (χ1v) is 9.55. The van der Waals surface area contributed by atoms with Crippen LogP contribution in [0.25, 0.3) is 16.9 Å². The molecule has 2 amide bonds. The fraction of sp³-hybridized carbons (Fsp3) is 0.100. The maximum Gasteiger partial charge on any atom is 0.417 e. The highest BCUT2D eigenvalue weighted by Crippen LogP contribution is 2.36. The Balaban J connectivity index is 0.00000306. The van der Waals surface area contributed by atoms with Gasteiger partial charge >= 0.3 is 12.2 Å². The molecule has 2 aromatic heterocycles. The number of alkyl halides is 3. The number of hydrogen-bond donors (Lipinski definition) is 3. The average molecular weight is 498 g/mol. The van der Waals surface area contributed by atoms with Gasteiger partial charge in [-0.15, -0.1) is 12.4 Å². The van der Waals surface area contributed by atoms with Crippen LogP contribution in [0.15, 0.2) is 55.1 Å². The third-order valence-electron chi connectivity index (χ3n) is 4.51. The highest BCUT2D eigenvalue weighted by atomic mass is 35.5. The van der Waals surface area contributed by atoms with Crippen molar-refractivity contribution >= 4 is 58.4 Å². The Kier molecular flexibility index (Phi) is 6.94. The van der Waals surface area contributed by atoms with Gasteiger partial charge in [0.25, 0.3) is 0 Å². The van der Waals surface area contributed by atoms with E-state index in [0.29, 0.717) is 22.7 Å². The lowest BCUT2D eigenvalue weighted by atomic mass is 10.2. The topological polar surface area (TPSA) is 96.8 Å². The van der Waals surface area contributed by atoms with Crippen LogP contribution in [0.3, 0.4) is 0 Å². The minimum atomic E-state index is -4.63. The summed E-state index contributed by atoms with van der Waals surface area (Å²) in [6.07, 6.45) is -1.61. The fourth-order valence-electron chi connectivity index (χ4n) is 3.05. The molecule has 3 N–H and O–H groups in total. The molecule has 8 nitrogen and oxygen atoms in total. The van der Waals surface area contributed by atoms with E-state index in [2.05, 4.69) is 30.9 Å². The summed E-state index contributed by atoms with van der Waals surface area (Å²) in [5.41, 5.74) is 1.32.